The molecule has 7 rings (SSSR count). The molecule has 1 aromatic rings. The van der Waals surface area contributed by atoms with Crippen LogP contribution in [0.1, 0.15) is 56.6 Å². The smallest absolute Gasteiger partial charge is 0.0991 e. The summed E-state index contributed by atoms with van der Waals surface area (Å²) in [5.41, 5.74) is 3.78. The van der Waals surface area contributed by atoms with Gasteiger partial charge in [0, 0.05) is 22.8 Å². The van der Waals surface area contributed by atoms with Crippen LogP contribution in [0.2, 0.25) is 0 Å². The molecule has 4 fully saturated rings. The number of nitrogens with zero attached hydrogens (tertiary/aromatic N) is 2. The molecule has 0 aromatic heterocycles. The molecule has 3 spiro atoms. The summed E-state index contributed by atoms with van der Waals surface area (Å²) in [5, 5.41) is 31.7. The number of hydrogen-bond donors (Lipinski definition) is 2. The van der Waals surface area contributed by atoms with Crippen molar-refractivity contribution in [1.82, 2.24) is 4.90 Å². The first-order chi connectivity index (χ1) is 16.2. The molecule has 2 bridgehead atoms. The normalized spacial score (nSPS) is 49.9. The third kappa shape index (κ3) is 2.21. The summed E-state index contributed by atoms with van der Waals surface area (Å²) in [7, 11) is 4.00. The van der Waals surface area contributed by atoms with E-state index in [4.69, 9.17) is 4.74 Å². The van der Waals surface area contributed by atoms with E-state index in [0.717, 1.165) is 38.5 Å². The van der Waals surface area contributed by atoms with Gasteiger partial charge in [0.2, 0.25) is 0 Å². The van der Waals surface area contributed by atoms with Gasteiger partial charge in [-0.1, -0.05) is 31.2 Å². The van der Waals surface area contributed by atoms with Crippen LogP contribution in [0.3, 0.4) is 0 Å². The number of allylic oxidation sites excluding steroid dienone is 3. The molecular formula is C29H34N2O3. The van der Waals surface area contributed by atoms with Gasteiger partial charge in [0.25, 0.3) is 0 Å². The average Bonchev–Trinajstić information content (AvgIpc) is 3.36. The van der Waals surface area contributed by atoms with Crippen LogP contribution in [0.15, 0.2) is 42.0 Å². The summed E-state index contributed by atoms with van der Waals surface area (Å²) in [6, 6.07) is 10.2. The lowest BCUT2D eigenvalue weighted by atomic mass is 9.57. The minimum atomic E-state index is -0.736. The summed E-state index contributed by atoms with van der Waals surface area (Å²) >= 11 is 0. The van der Waals surface area contributed by atoms with Gasteiger partial charge in [0.15, 0.2) is 0 Å². The Morgan fingerprint density at radius 2 is 1.85 bits per heavy atom. The second kappa shape index (κ2) is 6.42. The Hall–Kier alpha value is -1.97. The molecule has 178 valence electrons. The zero-order valence-corrected chi connectivity index (χ0v) is 20.3. The fraction of sp³-hybridized carbons (Fsp3) is 0.621. The SMILES string of the molecule is CN(C)[C@H]1C[C@@]23CC[C@@]4(O2)C(=CC[C@]2(C)C(c5ccc(C#N)cc5)=CCC24)C2CC23[C@@H](O)[C@@H]1O. The van der Waals surface area contributed by atoms with E-state index in [1.165, 1.54) is 16.7 Å². The molecule has 4 aliphatic carbocycles. The predicted octanol–water partition coefficient (Wildman–Crippen LogP) is 3.66. The molecule has 5 heteroatoms. The van der Waals surface area contributed by atoms with Crippen LogP contribution in [0, 0.1) is 34.0 Å². The largest absolute Gasteiger partial charge is 0.390 e. The number of benzene rings is 1. The summed E-state index contributed by atoms with van der Waals surface area (Å²) < 4.78 is 7.38. The van der Waals surface area contributed by atoms with Crippen molar-refractivity contribution in [2.45, 2.75) is 74.9 Å². The second-order valence-electron chi connectivity index (χ2n) is 12.3. The van der Waals surface area contributed by atoms with Gasteiger partial charge in [-0.15, -0.1) is 0 Å². The second-order valence-corrected chi connectivity index (χ2v) is 12.3. The summed E-state index contributed by atoms with van der Waals surface area (Å²) in [6.45, 7) is 2.40. The summed E-state index contributed by atoms with van der Waals surface area (Å²) in [6.07, 6.45) is 9.09. The monoisotopic (exact) mass is 458 g/mol. The lowest BCUT2D eigenvalue weighted by Gasteiger charge is -2.59. The molecule has 2 saturated heterocycles. The predicted molar refractivity (Wildman–Crippen MR) is 128 cm³/mol. The van der Waals surface area contributed by atoms with Crippen molar-refractivity contribution < 1.29 is 14.9 Å². The maximum Gasteiger partial charge on any atom is 0.0991 e. The standard InChI is InChI=1S/C29H34N2O3/c1-26-11-10-20-21-14-28(21)25(33)24(32)22(31(2)3)15-27(28)12-13-29(20,34-27)23(26)9-8-19(26)18-6-4-17(16-30)5-7-18/h4-8,10,21-25,32-33H,9,11-15H2,1-3H3/t21?,22-,23?,24+,25-,26+,27+,28?,29+/m0/s1. The molecule has 2 N–H and O–H groups in total. The Kier molecular flexibility index (Phi) is 4.03. The van der Waals surface area contributed by atoms with Crippen molar-refractivity contribution in [2.75, 3.05) is 14.1 Å². The van der Waals surface area contributed by atoms with Gasteiger partial charge >= 0.3 is 0 Å². The first-order valence-electron chi connectivity index (χ1n) is 12.9. The number of nitriles is 1. The Morgan fingerprint density at radius 3 is 2.56 bits per heavy atom. The third-order valence-electron chi connectivity index (χ3n) is 11.0. The molecule has 6 aliphatic rings. The van der Waals surface area contributed by atoms with Gasteiger partial charge in [-0.3, -0.25) is 0 Å². The molecular weight excluding hydrogens is 424 g/mol. The highest BCUT2D eigenvalue weighted by molar-refractivity contribution is 5.74. The average molecular weight is 459 g/mol. The number of hydrogen-bond acceptors (Lipinski definition) is 5. The van der Waals surface area contributed by atoms with Crippen LogP contribution >= 0.6 is 0 Å². The Bertz CT molecular complexity index is 1180. The maximum atomic E-state index is 11.5. The van der Waals surface area contributed by atoms with E-state index in [0.29, 0.717) is 17.4 Å². The van der Waals surface area contributed by atoms with Crippen LogP contribution in [0.4, 0.5) is 0 Å². The van der Waals surface area contributed by atoms with E-state index < -0.39 is 12.2 Å². The van der Waals surface area contributed by atoms with Gasteiger partial charge in [-0.05, 0) is 87.4 Å². The number of fused-ring (bicyclic) bond motifs is 2. The molecule has 1 aromatic carbocycles. The van der Waals surface area contributed by atoms with Crippen LogP contribution in [0.5, 0.6) is 0 Å². The van der Waals surface area contributed by atoms with E-state index in [-0.39, 0.29) is 28.1 Å². The van der Waals surface area contributed by atoms with E-state index in [2.05, 4.69) is 42.2 Å². The highest BCUT2D eigenvalue weighted by atomic mass is 16.5. The van der Waals surface area contributed by atoms with Crippen LogP contribution < -0.4 is 0 Å². The van der Waals surface area contributed by atoms with Crippen molar-refractivity contribution in [3.05, 3.63) is 53.1 Å². The topological polar surface area (TPSA) is 76.7 Å². The quantitative estimate of drug-likeness (QED) is 0.662. The van der Waals surface area contributed by atoms with Crippen LogP contribution in [-0.4, -0.2) is 58.7 Å². The lowest BCUT2D eigenvalue weighted by Crippen LogP contribution is -2.67. The van der Waals surface area contributed by atoms with E-state index in [1.54, 1.807) is 0 Å². The Morgan fingerprint density at radius 1 is 1.09 bits per heavy atom. The van der Waals surface area contributed by atoms with Crippen LogP contribution in [-0.2, 0) is 4.74 Å². The number of ether oxygens (including phenoxy) is 1. The fourth-order valence-corrected chi connectivity index (χ4v) is 9.36. The van der Waals surface area contributed by atoms with E-state index >= 15 is 0 Å². The van der Waals surface area contributed by atoms with E-state index in [1.807, 2.05) is 26.2 Å². The van der Waals surface area contributed by atoms with Gasteiger partial charge in [0.05, 0.1) is 35.0 Å². The van der Waals surface area contributed by atoms with Gasteiger partial charge in [-0.2, -0.15) is 5.26 Å². The van der Waals surface area contributed by atoms with Crippen molar-refractivity contribution in [3.8, 4) is 6.07 Å². The van der Waals surface area contributed by atoms with Crippen LogP contribution in [0.25, 0.3) is 5.57 Å². The number of aliphatic hydroxyl groups excluding tert-OH is 2. The molecule has 2 saturated carbocycles. The molecule has 0 radical (unpaired) electrons. The maximum absolute atomic E-state index is 11.5. The highest BCUT2D eigenvalue weighted by Gasteiger charge is 2.84. The fourth-order valence-electron chi connectivity index (χ4n) is 9.36. The Balaban J connectivity index is 1.30. The first kappa shape index (κ1) is 21.3. The molecule has 34 heavy (non-hydrogen) atoms. The molecule has 9 atom stereocenters. The molecule has 0 amide bonds. The van der Waals surface area contributed by atoms with Crippen molar-refractivity contribution in [3.63, 3.8) is 0 Å². The van der Waals surface area contributed by atoms with Crippen molar-refractivity contribution in [2.24, 2.45) is 22.7 Å². The van der Waals surface area contributed by atoms with E-state index in [9.17, 15) is 15.5 Å². The van der Waals surface area contributed by atoms with Gasteiger partial charge in [0.1, 0.15) is 0 Å². The third-order valence-corrected chi connectivity index (χ3v) is 11.0. The molecule has 5 nitrogen and oxygen atoms in total. The Labute approximate surface area is 201 Å². The zero-order valence-electron chi connectivity index (χ0n) is 20.3. The summed E-state index contributed by atoms with van der Waals surface area (Å²) in [5.74, 6) is 0.713. The molecule has 2 heterocycles. The minimum absolute atomic E-state index is 0.00811. The van der Waals surface area contributed by atoms with Gasteiger partial charge in [-0.25, -0.2) is 0 Å². The zero-order chi connectivity index (χ0) is 23.7. The number of likely N-dealkylation sites (N-methyl/N-ethyl adjacent to an activating group) is 1. The first-order valence-corrected chi connectivity index (χ1v) is 12.9. The molecule has 2 aliphatic heterocycles. The van der Waals surface area contributed by atoms with Gasteiger partial charge < -0.3 is 19.8 Å². The van der Waals surface area contributed by atoms with Crippen molar-refractivity contribution >= 4 is 5.57 Å². The minimum Gasteiger partial charge on any atom is -0.390 e. The lowest BCUT2D eigenvalue weighted by molar-refractivity contribution is -0.248. The van der Waals surface area contributed by atoms with Crippen molar-refractivity contribution in [1.29, 1.82) is 5.26 Å². The summed E-state index contributed by atoms with van der Waals surface area (Å²) in [4.78, 5) is 2.07. The number of rotatable bonds is 2. The number of aliphatic hydroxyl groups is 2. The highest BCUT2D eigenvalue weighted by Crippen LogP contribution is 2.81. The molecule has 3 unspecified atom stereocenters.